The molecule has 1 rings (SSSR count). The number of aryl methyl sites for hydroxylation is 1. The molecule has 0 fully saturated rings. The number of amidine groups is 1. The van der Waals surface area contributed by atoms with E-state index in [9.17, 15) is 4.79 Å². The van der Waals surface area contributed by atoms with E-state index in [-0.39, 0.29) is 12.1 Å². The van der Waals surface area contributed by atoms with Gasteiger partial charge in [0.15, 0.2) is 5.84 Å². The lowest BCUT2D eigenvalue weighted by molar-refractivity contribution is 0.239. The van der Waals surface area contributed by atoms with Crippen LogP contribution in [-0.2, 0) is 7.05 Å². The lowest BCUT2D eigenvalue weighted by atomic mass is 10.0. The van der Waals surface area contributed by atoms with E-state index in [2.05, 4.69) is 57.6 Å². The Labute approximate surface area is 204 Å². The summed E-state index contributed by atoms with van der Waals surface area (Å²) in [7, 11) is 1.83. The fourth-order valence-electron chi connectivity index (χ4n) is 2.97. The molecule has 0 aliphatic carbocycles. The average molecular weight is 463 g/mol. The monoisotopic (exact) mass is 462 g/mol. The SMILES string of the molecule is C=C/C=C\C(=C/C)CCCC(C)NC(=O)NC(=C/C)/N=C(/N=C(\C=C)c1cnn(C)c1)C(=C)C. The van der Waals surface area contributed by atoms with Crippen LogP contribution in [-0.4, -0.2) is 33.4 Å². The van der Waals surface area contributed by atoms with Gasteiger partial charge < -0.3 is 5.32 Å². The van der Waals surface area contributed by atoms with Gasteiger partial charge in [-0.1, -0.05) is 49.6 Å². The zero-order chi connectivity index (χ0) is 25.5. The van der Waals surface area contributed by atoms with E-state index in [1.54, 1.807) is 36.0 Å². The van der Waals surface area contributed by atoms with Gasteiger partial charge in [0.1, 0.15) is 5.82 Å². The molecule has 0 aliphatic heterocycles. The van der Waals surface area contributed by atoms with E-state index in [0.29, 0.717) is 22.9 Å². The van der Waals surface area contributed by atoms with Crippen LogP contribution < -0.4 is 10.6 Å². The average Bonchev–Trinajstić information content (AvgIpc) is 3.23. The molecule has 0 bridgehead atoms. The number of amides is 2. The molecular formula is C27H38N6O. The highest BCUT2D eigenvalue weighted by Crippen LogP contribution is 2.11. The quantitative estimate of drug-likeness (QED) is 0.234. The van der Waals surface area contributed by atoms with Crippen molar-refractivity contribution in [2.75, 3.05) is 0 Å². The molecule has 2 N–H and O–H groups in total. The minimum Gasteiger partial charge on any atom is -0.335 e. The molecule has 34 heavy (non-hydrogen) atoms. The van der Waals surface area contributed by atoms with Crippen molar-refractivity contribution >= 4 is 17.6 Å². The number of aliphatic imine (C=N–C) groups is 2. The Bertz CT molecular complexity index is 1020. The summed E-state index contributed by atoms with van der Waals surface area (Å²) in [5.41, 5.74) is 3.34. The lowest BCUT2D eigenvalue weighted by Gasteiger charge is -2.15. The summed E-state index contributed by atoms with van der Waals surface area (Å²) in [4.78, 5) is 21.6. The summed E-state index contributed by atoms with van der Waals surface area (Å²) in [6, 6.07) is -0.302. The normalized spacial score (nSPS) is 14.1. The van der Waals surface area contributed by atoms with E-state index in [1.807, 2.05) is 40.1 Å². The minimum atomic E-state index is -0.316. The second-order valence-electron chi connectivity index (χ2n) is 7.84. The summed E-state index contributed by atoms with van der Waals surface area (Å²) >= 11 is 0. The van der Waals surface area contributed by atoms with Gasteiger partial charge in [0, 0.05) is 24.8 Å². The Morgan fingerprint density at radius 3 is 2.53 bits per heavy atom. The summed E-state index contributed by atoms with van der Waals surface area (Å²) in [5, 5.41) is 9.93. The first kappa shape index (κ1) is 28.3. The first-order valence-corrected chi connectivity index (χ1v) is 11.4. The highest BCUT2D eigenvalue weighted by molar-refractivity contribution is 6.16. The van der Waals surface area contributed by atoms with E-state index in [1.165, 1.54) is 5.57 Å². The maximum absolute atomic E-state index is 12.5. The largest absolute Gasteiger partial charge is 0.335 e. The summed E-state index contributed by atoms with van der Waals surface area (Å²) in [6.45, 7) is 19.1. The van der Waals surface area contributed by atoms with Gasteiger partial charge >= 0.3 is 6.03 Å². The van der Waals surface area contributed by atoms with Gasteiger partial charge in [0.05, 0.1) is 11.9 Å². The predicted octanol–water partition coefficient (Wildman–Crippen LogP) is 5.78. The highest BCUT2D eigenvalue weighted by Gasteiger charge is 2.11. The Morgan fingerprint density at radius 1 is 1.26 bits per heavy atom. The molecule has 0 aromatic carbocycles. The maximum atomic E-state index is 12.5. The number of allylic oxidation sites excluding steroid dienone is 7. The van der Waals surface area contributed by atoms with Crippen LogP contribution in [0.1, 0.15) is 52.5 Å². The van der Waals surface area contributed by atoms with Gasteiger partial charge in [-0.2, -0.15) is 5.10 Å². The predicted molar refractivity (Wildman–Crippen MR) is 144 cm³/mol. The second kappa shape index (κ2) is 15.2. The van der Waals surface area contributed by atoms with Gasteiger partial charge in [-0.15, -0.1) is 0 Å². The molecule has 7 heteroatoms. The fraction of sp³-hybridized carbons (Fsp3) is 0.333. The molecular weight excluding hydrogens is 424 g/mol. The summed E-state index contributed by atoms with van der Waals surface area (Å²) < 4.78 is 1.69. The number of nitrogens with one attached hydrogen (secondary N) is 2. The Hall–Kier alpha value is -3.74. The number of aromatic nitrogens is 2. The van der Waals surface area contributed by atoms with E-state index < -0.39 is 0 Å². The van der Waals surface area contributed by atoms with Crippen molar-refractivity contribution in [3.8, 4) is 0 Å². The minimum absolute atomic E-state index is 0.0140. The van der Waals surface area contributed by atoms with Crippen LogP contribution in [0.2, 0.25) is 0 Å². The molecule has 182 valence electrons. The van der Waals surface area contributed by atoms with Crippen molar-refractivity contribution in [2.24, 2.45) is 17.0 Å². The lowest BCUT2D eigenvalue weighted by Crippen LogP contribution is -2.40. The van der Waals surface area contributed by atoms with Crippen LogP contribution in [0.15, 0.2) is 95.5 Å². The maximum Gasteiger partial charge on any atom is 0.320 e. The molecule has 0 saturated carbocycles. The highest BCUT2D eigenvalue weighted by atomic mass is 16.2. The molecule has 1 aromatic heterocycles. The Balaban J connectivity index is 2.79. The van der Waals surface area contributed by atoms with E-state index in [4.69, 9.17) is 0 Å². The molecule has 1 heterocycles. The molecule has 0 radical (unpaired) electrons. The smallest absolute Gasteiger partial charge is 0.320 e. The van der Waals surface area contributed by atoms with Crippen LogP contribution in [0.5, 0.6) is 0 Å². The summed E-state index contributed by atoms with van der Waals surface area (Å²) in [6.07, 6.45) is 17.5. The third-order valence-electron chi connectivity index (χ3n) is 4.84. The van der Waals surface area contributed by atoms with Crippen LogP contribution in [0.3, 0.4) is 0 Å². The number of hydrogen-bond donors (Lipinski definition) is 2. The molecule has 2 amide bonds. The van der Waals surface area contributed by atoms with Gasteiger partial charge in [-0.25, -0.2) is 14.8 Å². The van der Waals surface area contributed by atoms with Gasteiger partial charge in [0.2, 0.25) is 0 Å². The van der Waals surface area contributed by atoms with Crippen LogP contribution in [0.4, 0.5) is 4.79 Å². The number of rotatable bonds is 12. The summed E-state index contributed by atoms with van der Waals surface area (Å²) in [5.74, 6) is 0.776. The van der Waals surface area contributed by atoms with Gasteiger partial charge in [0.25, 0.3) is 0 Å². The Kier molecular flexibility index (Phi) is 12.6. The van der Waals surface area contributed by atoms with Crippen molar-refractivity contribution in [3.63, 3.8) is 0 Å². The number of nitrogens with zero attached hydrogens (tertiary/aromatic N) is 4. The zero-order valence-electron chi connectivity index (χ0n) is 21.1. The van der Waals surface area contributed by atoms with Crippen LogP contribution in [0, 0.1) is 0 Å². The van der Waals surface area contributed by atoms with Gasteiger partial charge in [-0.05, 0) is 64.7 Å². The van der Waals surface area contributed by atoms with Crippen molar-refractivity contribution in [1.29, 1.82) is 0 Å². The first-order valence-electron chi connectivity index (χ1n) is 11.4. The molecule has 1 aromatic rings. The third kappa shape index (κ3) is 10.3. The number of urea groups is 1. The molecule has 0 saturated heterocycles. The number of hydrogen-bond acceptors (Lipinski definition) is 3. The molecule has 0 aliphatic rings. The van der Waals surface area contributed by atoms with Crippen molar-refractivity contribution < 1.29 is 4.79 Å². The molecule has 1 atom stereocenters. The number of carbonyl (C=O) groups is 1. The first-order chi connectivity index (χ1) is 16.2. The third-order valence-corrected chi connectivity index (χ3v) is 4.84. The Morgan fingerprint density at radius 2 is 2.00 bits per heavy atom. The second-order valence-corrected chi connectivity index (χ2v) is 7.84. The van der Waals surface area contributed by atoms with Gasteiger partial charge in [-0.3, -0.25) is 10.00 Å². The topological polar surface area (TPSA) is 83.7 Å². The molecule has 0 spiro atoms. The molecule has 7 nitrogen and oxygen atoms in total. The van der Waals surface area contributed by atoms with E-state index >= 15 is 0 Å². The zero-order valence-corrected chi connectivity index (χ0v) is 21.1. The van der Waals surface area contributed by atoms with Crippen LogP contribution in [0.25, 0.3) is 0 Å². The fourth-order valence-corrected chi connectivity index (χ4v) is 2.97. The van der Waals surface area contributed by atoms with Crippen LogP contribution >= 0.6 is 0 Å². The van der Waals surface area contributed by atoms with Crippen molar-refractivity contribution in [3.05, 3.63) is 91.1 Å². The molecule has 1 unspecified atom stereocenters. The standard InChI is InChI=1S/C27H38N6O/c1-9-13-16-22(10-2)17-14-15-21(7)29-27(34)32-25(12-4)31-26(20(5)6)30-24(11-3)23-18-28-33(8)19-23/h9-13,16,18-19,21H,1,3,5,14-15,17H2,2,4,6-8H3,(H2,29,32,34)/b16-13-,22-10+,25-12+,30-24+,31-26+. The van der Waals surface area contributed by atoms with E-state index in [0.717, 1.165) is 24.8 Å². The van der Waals surface area contributed by atoms with Crippen molar-refractivity contribution in [1.82, 2.24) is 20.4 Å². The van der Waals surface area contributed by atoms with Crippen molar-refractivity contribution in [2.45, 2.75) is 53.0 Å². The number of carbonyl (C=O) groups excluding carboxylic acids is 1.